The number of hydrazine groups is 1. The third kappa shape index (κ3) is 3.90. The number of aryl methyl sites for hydroxylation is 1. The number of amides is 1. The first-order chi connectivity index (χ1) is 9.51. The van der Waals surface area contributed by atoms with E-state index >= 15 is 0 Å². The van der Waals surface area contributed by atoms with Gasteiger partial charge in [-0.15, -0.1) is 0 Å². The molecule has 0 aliphatic heterocycles. The molecule has 0 saturated carbocycles. The number of carbonyl (C=O) groups excluding carboxylic acids is 1. The molecule has 0 aliphatic rings. The number of carbonyl (C=O) groups is 1. The molecule has 4 N–H and O–H groups in total. The normalized spacial score (nSPS) is 11.2. The Labute approximate surface area is 125 Å². The first-order valence-corrected chi connectivity index (χ1v) is 8.15. The van der Waals surface area contributed by atoms with Crippen molar-refractivity contribution in [1.82, 2.24) is 5.32 Å². The molecule has 0 saturated heterocycles. The highest BCUT2D eigenvalue weighted by atomic mass is 32.2. The van der Waals surface area contributed by atoms with Gasteiger partial charge >= 0.3 is 0 Å². The van der Waals surface area contributed by atoms with Crippen LogP contribution in [0.25, 0.3) is 0 Å². The number of thioether (sulfide) groups is 1. The van der Waals surface area contributed by atoms with Crippen molar-refractivity contribution >= 4 is 23.4 Å². The Bertz CT molecular complexity index is 450. The lowest BCUT2D eigenvalue weighted by Crippen LogP contribution is -2.39. The Morgan fingerprint density at radius 2 is 2.00 bits per heavy atom. The summed E-state index contributed by atoms with van der Waals surface area (Å²) in [6, 6.07) is 5.48. The van der Waals surface area contributed by atoms with E-state index in [2.05, 4.69) is 30.8 Å². The van der Waals surface area contributed by atoms with E-state index in [1.54, 1.807) is 6.07 Å². The van der Waals surface area contributed by atoms with Crippen molar-refractivity contribution in [2.75, 3.05) is 18.2 Å². The van der Waals surface area contributed by atoms with Crippen LogP contribution in [0.1, 0.15) is 42.6 Å². The minimum atomic E-state index is -0.0219. The third-order valence-corrected chi connectivity index (χ3v) is 5.52. The van der Waals surface area contributed by atoms with Gasteiger partial charge in [0.1, 0.15) is 0 Å². The molecule has 4 nitrogen and oxygen atoms in total. The molecule has 0 heterocycles. The van der Waals surface area contributed by atoms with Crippen molar-refractivity contribution in [1.29, 1.82) is 0 Å². The largest absolute Gasteiger partial charge is 0.351 e. The molecule has 0 aliphatic carbocycles. The van der Waals surface area contributed by atoms with Gasteiger partial charge in [-0.1, -0.05) is 13.8 Å². The molecular formula is C15H25N3OS. The van der Waals surface area contributed by atoms with Crippen molar-refractivity contribution < 1.29 is 4.79 Å². The SMILES string of the molecule is CCC(CC)(CNC(=O)c1ccc(NN)cc1C)SC. The van der Waals surface area contributed by atoms with Gasteiger partial charge in [0.25, 0.3) is 5.91 Å². The lowest BCUT2D eigenvalue weighted by atomic mass is 10.0. The summed E-state index contributed by atoms with van der Waals surface area (Å²) in [6.45, 7) is 6.94. The molecule has 0 unspecified atom stereocenters. The van der Waals surface area contributed by atoms with Crippen molar-refractivity contribution in [3.8, 4) is 0 Å². The van der Waals surface area contributed by atoms with E-state index in [-0.39, 0.29) is 10.7 Å². The van der Waals surface area contributed by atoms with E-state index in [1.807, 2.05) is 30.8 Å². The predicted octanol–water partition coefficient (Wildman–Crippen LogP) is 2.93. The highest BCUT2D eigenvalue weighted by Gasteiger charge is 2.25. The fourth-order valence-electron chi connectivity index (χ4n) is 2.21. The Morgan fingerprint density at radius 1 is 1.35 bits per heavy atom. The van der Waals surface area contributed by atoms with E-state index in [4.69, 9.17) is 5.84 Å². The monoisotopic (exact) mass is 295 g/mol. The number of rotatable bonds is 7. The highest BCUT2D eigenvalue weighted by Crippen LogP contribution is 2.29. The Balaban J connectivity index is 2.77. The molecule has 0 atom stereocenters. The molecule has 1 aromatic carbocycles. The van der Waals surface area contributed by atoms with Crippen molar-refractivity contribution in [2.45, 2.75) is 38.4 Å². The van der Waals surface area contributed by atoms with Crippen LogP contribution in [0.4, 0.5) is 5.69 Å². The summed E-state index contributed by atoms with van der Waals surface area (Å²) < 4.78 is 0.127. The molecule has 0 fully saturated rings. The Hall–Kier alpha value is -1.20. The summed E-state index contributed by atoms with van der Waals surface area (Å²) in [5.41, 5.74) is 5.01. The standard InChI is InChI=1S/C15H25N3OS/c1-5-15(6-2,20-4)10-17-14(19)13-8-7-12(18-16)9-11(13)3/h7-9,18H,5-6,10,16H2,1-4H3,(H,17,19). The molecule has 5 heteroatoms. The topological polar surface area (TPSA) is 67.2 Å². The summed E-state index contributed by atoms with van der Waals surface area (Å²) in [6.07, 6.45) is 4.19. The molecule has 1 aromatic rings. The molecule has 0 spiro atoms. The van der Waals surface area contributed by atoms with Gasteiger partial charge in [0.2, 0.25) is 0 Å². The summed E-state index contributed by atoms with van der Waals surface area (Å²) >= 11 is 1.82. The van der Waals surface area contributed by atoms with Gasteiger partial charge in [-0.3, -0.25) is 10.6 Å². The lowest BCUT2D eigenvalue weighted by molar-refractivity contribution is 0.0948. The van der Waals surface area contributed by atoms with Crippen LogP contribution >= 0.6 is 11.8 Å². The van der Waals surface area contributed by atoms with Gasteiger partial charge in [0.05, 0.1) is 0 Å². The van der Waals surface area contributed by atoms with Gasteiger partial charge in [-0.2, -0.15) is 11.8 Å². The maximum absolute atomic E-state index is 12.3. The molecule has 0 bridgehead atoms. The zero-order valence-electron chi connectivity index (χ0n) is 12.7. The second-order valence-electron chi connectivity index (χ2n) is 4.95. The molecular weight excluding hydrogens is 270 g/mol. The molecule has 112 valence electrons. The Kier molecular flexibility index (Phi) is 6.36. The van der Waals surface area contributed by atoms with Crippen LogP contribution in [0.5, 0.6) is 0 Å². The molecule has 0 radical (unpaired) electrons. The summed E-state index contributed by atoms with van der Waals surface area (Å²) in [4.78, 5) is 12.3. The fourth-order valence-corrected chi connectivity index (χ4v) is 3.00. The molecule has 0 aromatic heterocycles. The summed E-state index contributed by atoms with van der Waals surface area (Å²) in [7, 11) is 0. The van der Waals surface area contributed by atoms with Crippen LogP contribution in [0.3, 0.4) is 0 Å². The van der Waals surface area contributed by atoms with Crippen LogP contribution in [0.15, 0.2) is 18.2 Å². The van der Waals surface area contributed by atoms with Crippen LogP contribution in [0, 0.1) is 6.92 Å². The van der Waals surface area contributed by atoms with Crippen molar-refractivity contribution in [2.24, 2.45) is 5.84 Å². The van der Waals surface area contributed by atoms with Crippen molar-refractivity contribution in [3.63, 3.8) is 0 Å². The average Bonchev–Trinajstić information content (AvgIpc) is 2.48. The first-order valence-electron chi connectivity index (χ1n) is 6.92. The van der Waals surface area contributed by atoms with Crippen LogP contribution in [-0.4, -0.2) is 23.5 Å². The zero-order valence-corrected chi connectivity index (χ0v) is 13.6. The minimum Gasteiger partial charge on any atom is -0.351 e. The minimum absolute atomic E-state index is 0.0219. The number of anilines is 1. The van der Waals surface area contributed by atoms with Gasteiger partial charge in [-0.05, 0) is 49.8 Å². The first kappa shape index (κ1) is 16.9. The maximum Gasteiger partial charge on any atom is 0.251 e. The quantitative estimate of drug-likeness (QED) is 0.534. The van der Waals surface area contributed by atoms with Crippen LogP contribution < -0.4 is 16.6 Å². The highest BCUT2D eigenvalue weighted by molar-refractivity contribution is 8.00. The van der Waals surface area contributed by atoms with Gasteiger partial charge in [0, 0.05) is 22.5 Å². The van der Waals surface area contributed by atoms with E-state index in [0.717, 1.165) is 24.1 Å². The number of nitrogens with one attached hydrogen (secondary N) is 2. The molecule has 20 heavy (non-hydrogen) atoms. The van der Waals surface area contributed by atoms with Gasteiger partial charge < -0.3 is 10.7 Å². The number of nitrogens with two attached hydrogens (primary N) is 1. The molecule has 1 amide bonds. The van der Waals surface area contributed by atoms with Gasteiger partial charge in [-0.25, -0.2) is 0 Å². The van der Waals surface area contributed by atoms with E-state index in [9.17, 15) is 4.79 Å². The molecule has 1 rings (SSSR count). The fraction of sp³-hybridized carbons (Fsp3) is 0.533. The number of hydrogen-bond acceptors (Lipinski definition) is 4. The third-order valence-electron chi connectivity index (χ3n) is 3.93. The number of hydrogen-bond donors (Lipinski definition) is 3. The van der Waals surface area contributed by atoms with Crippen LogP contribution in [0.2, 0.25) is 0 Å². The van der Waals surface area contributed by atoms with E-state index in [1.165, 1.54) is 0 Å². The zero-order chi connectivity index (χ0) is 15.2. The Morgan fingerprint density at radius 3 is 2.45 bits per heavy atom. The summed E-state index contributed by atoms with van der Waals surface area (Å²) in [5, 5.41) is 3.06. The predicted molar refractivity (Wildman–Crippen MR) is 88.2 cm³/mol. The number of nitrogen functional groups attached to an aromatic ring is 1. The summed E-state index contributed by atoms with van der Waals surface area (Å²) in [5.74, 6) is 5.34. The van der Waals surface area contributed by atoms with E-state index < -0.39 is 0 Å². The maximum atomic E-state index is 12.3. The smallest absolute Gasteiger partial charge is 0.251 e. The van der Waals surface area contributed by atoms with Gasteiger partial charge in [0.15, 0.2) is 0 Å². The van der Waals surface area contributed by atoms with E-state index in [0.29, 0.717) is 12.1 Å². The second kappa shape index (κ2) is 7.55. The van der Waals surface area contributed by atoms with Crippen molar-refractivity contribution in [3.05, 3.63) is 29.3 Å². The second-order valence-corrected chi connectivity index (χ2v) is 6.23. The number of benzene rings is 1. The lowest BCUT2D eigenvalue weighted by Gasteiger charge is -2.29. The van der Waals surface area contributed by atoms with Crippen LogP contribution in [-0.2, 0) is 0 Å². The average molecular weight is 295 g/mol.